The standard InChI is InChI=1S/C12H6Br2F2O2S/c13-9-5-8(11(14)19-9)10(17)6-1-3-7(4-2-6)18-12(15)16/h1-5,12H. The monoisotopic (exact) mass is 410 g/mol. The van der Waals surface area contributed by atoms with Crippen molar-refractivity contribution in [3.63, 3.8) is 0 Å². The van der Waals surface area contributed by atoms with Gasteiger partial charge in [0.05, 0.1) is 7.57 Å². The van der Waals surface area contributed by atoms with Gasteiger partial charge in [0.1, 0.15) is 5.75 Å². The van der Waals surface area contributed by atoms with Crippen LogP contribution in [0.25, 0.3) is 0 Å². The summed E-state index contributed by atoms with van der Waals surface area (Å²) >= 11 is 7.99. The highest BCUT2D eigenvalue weighted by molar-refractivity contribution is 9.12. The highest BCUT2D eigenvalue weighted by Gasteiger charge is 2.16. The lowest BCUT2D eigenvalue weighted by molar-refractivity contribution is -0.0498. The zero-order chi connectivity index (χ0) is 14.0. The second kappa shape index (κ2) is 6.11. The number of alkyl halides is 2. The fraction of sp³-hybridized carbons (Fsp3) is 0.0833. The topological polar surface area (TPSA) is 26.3 Å². The summed E-state index contributed by atoms with van der Waals surface area (Å²) in [6, 6.07) is 7.31. The number of ether oxygens (including phenoxy) is 1. The number of ketones is 1. The Morgan fingerprint density at radius 1 is 1.21 bits per heavy atom. The van der Waals surface area contributed by atoms with Gasteiger partial charge in [-0.25, -0.2) is 0 Å². The molecule has 0 unspecified atom stereocenters. The molecule has 1 aromatic carbocycles. The Kier molecular flexibility index (Phi) is 4.70. The van der Waals surface area contributed by atoms with Gasteiger partial charge in [0.25, 0.3) is 0 Å². The van der Waals surface area contributed by atoms with E-state index in [1.807, 2.05) is 0 Å². The number of carbonyl (C=O) groups is 1. The van der Waals surface area contributed by atoms with Gasteiger partial charge in [-0.3, -0.25) is 4.79 Å². The minimum Gasteiger partial charge on any atom is -0.435 e. The first-order chi connectivity index (χ1) is 8.97. The quantitative estimate of drug-likeness (QED) is 0.653. The van der Waals surface area contributed by atoms with Crippen molar-refractivity contribution in [1.82, 2.24) is 0 Å². The molecule has 2 nitrogen and oxygen atoms in total. The minimum absolute atomic E-state index is 0.0251. The molecular formula is C12H6Br2F2O2S. The van der Waals surface area contributed by atoms with E-state index in [0.29, 0.717) is 11.1 Å². The van der Waals surface area contributed by atoms with Crippen LogP contribution < -0.4 is 4.74 Å². The van der Waals surface area contributed by atoms with Gasteiger partial charge in [-0.05, 0) is 62.2 Å². The lowest BCUT2D eigenvalue weighted by atomic mass is 10.1. The van der Waals surface area contributed by atoms with Gasteiger partial charge < -0.3 is 4.74 Å². The zero-order valence-corrected chi connectivity index (χ0v) is 13.2. The van der Waals surface area contributed by atoms with Crippen molar-refractivity contribution in [2.45, 2.75) is 6.61 Å². The Morgan fingerprint density at radius 2 is 1.84 bits per heavy atom. The summed E-state index contributed by atoms with van der Waals surface area (Å²) in [5, 5.41) is 0. The number of hydrogen-bond acceptors (Lipinski definition) is 3. The van der Waals surface area contributed by atoms with Crippen LogP contribution in [0.2, 0.25) is 0 Å². The van der Waals surface area contributed by atoms with Gasteiger partial charge >= 0.3 is 6.61 Å². The molecule has 0 saturated heterocycles. The van der Waals surface area contributed by atoms with Gasteiger partial charge in [0.15, 0.2) is 5.78 Å². The van der Waals surface area contributed by atoms with Crippen molar-refractivity contribution in [3.05, 3.63) is 49.0 Å². The van der Waals surface area contributed by atoms with Crippen LogP contribution in [0.3, 0.4) is 0 Å². The number of carbonyl (C=O) groups excluding carboxylic acids is 1. The molecule has 0 aliphatic rings. The van der Waals surface area contributed by atoms with E-state index < -0.39 is 6.61 Å². The second-order valence-corrected chi connectivity index (χ2v) is 7.22. The number of benzene rings is 1. The maximum absolute atomic E-state index is 12.2. The van der Waals surface area contributed by atoms with Gasteiger partial charge in [0.2, 0.25) is 0 Å². The predicted octanol–water partition coefficient (Wildman–Crippen LogP) is 5.11. The third-order valence-corrected chi connectivity index (χ3v) is 4.58. The third-order valence-electron chi connectivity index (χ3n) is 2.24. The fourth-order valence-corrected chi connectivity index (χ4v) is 4.23. The number of hydrogen-bond donors (Lipinski definition) is 0. The normalized spacial score (nSPS) is 10.8. The van der Waals surface area contributed by atoms with Crippen LogP contribution in [0, 0.1) is 0 Å². The summed E-state index contributed by atoms with van der Waals surface area (Å²) in [7, 11) is 0. The van der Waals surface area contributed by atoms with Gasteiger partial charge in [-0.15, -0.1) is 11.3 Å². The van der Waals surface area contributed by atoms with E-state index >= 15 is 0 Å². The number of rotatable bonds is 4. The molecule has 2 rings (SSSR count). The molecule has 0 radical (unpaired) electrons. The Labute approximate surface area is 128 Å². The first-order valence-electron chi connectivity index (χ1n) is 5.02. The molecule has 0 fully saturated rings. The predicted molar refractivity (Wildman–Crippen MR) is 76.2 cm³/mol. The smallest absolute Gasteiger partial charge is 0.387 e. The van der Waals surface area contributed by atoms with Crippen LogP contribution in [0.5, 0.6) is 5.75 Å². The zero-order valence-electron chi connectivity index (χ0n) is 9.20. The Balaban J connectivity index is 2.22. The molecule has 0 spiro atoms. The van der Waals surface area contributed by atoms with Crippen molar-refractivity contribution in [1.29, 1.82) is 0 Å². The molecule has 0 aliphatic heterocycles. The van der Waals surface area contributed by atoms with E-state index in [4.69, 9.17) is 0 Å². The van der Waals surface area contributed by atoms with Crippen LogP contribution in [0.1, 0.15) is 15.9 Å². The van der Waals surface area contributed by atoms with E-state index in [9.17, 15) is 13.6 Å². The van der Waals surface area contributed by atoms with E-state index in [1.54, 1.807) is 6.07 Å². The molecule has 0 amide bonds. The van der Waals surface area contributed by atoms with Crippen LogP contribution in [-0.4, -0.2) is 12.4 Å². The highest BCUT2D eigenvalue weighted by Crippen LogP contribution is 2.33. The average molecular weight is 412 g/mol. The van der Waals surface area contributed by atoms with Gasteiger partial charge in [-0.1, -0.05) is 0 Å². The van der Waals surface area contributed by atoms with E-state index in [0.717, 1.165) is 7.57 Å². The van der Waals surface area contributed by atoms with Crippen LogP contribution in [0.15, 0.2) is 37.9 Å². The van der Waals surface area contributed by atoms with Crippen molar-refractivity contribution in [2.75, 3.05) is 0 Å². The number of halogens is 4. The van der Waals surface area contributed by atoms with Crippen molar-refractivity contribution in [2.24, 2.45) is 0 Å². The Hall–Kier alpha value is -0.790. The SMILES string of the molecule is O=C(c1ccc(OC(F)F)cc1)c1cc(Br)sc1Br. The average Bonchev–Trinajstić information content (AvgIpc) is 2.68. The second-order valence-electron chi connectivity index (χ2n) is 3.47. The summed E-state index contributed by atoms with van der Waals surface area (Å²) in [5.74, 6) is -0.158. The van der Waals surface area contributed by atoms with Gasteiger partial charge in [-0.2, -0.15) is 8.78 Å². The van der Waals surface area contributed by atoms with Crippen molar-refractivity contribution in [3.8, 4) is 5.75 Å². The van der Waals surface area contributed by atoms with E-state index in [1.165, 1.54) is 35.6 Å². The maximum Gasteiger partial charge on any atom is 0.387 e. The minimum atomic E-state index is -2.87. The summed E-state index contributed by atoms with van der Waals surface area (Å²) in [6.45, 7) is -2.87. The molecule has 0 aliphatic carbocycles. The molecular weight excluding hydrogens is 406 g/mol. The molecule has 1 aromatic heterocycles. The first-order valence-corrected chi connectivity index (χ1v) is 7.42. The molecule has 0 atom stereocenters. The summed E-state index contributed by atoms with van der Waals surface area (Å²) in [5.41, 5.74) is 0.937. The summed E-state index contributed by atoms with van der Waals surface area (Å²) in [6.07, 6.45) is 0. The summed E-state index contributed by atoms with van der Waals surface area (Å²) < 4.78 is 29.8. The maximum atomic E-state index is 12.2. The lowest BCUT2D eigenvalue weighted by Gasteiger charge is -2.05. The fourth-order valence-electron chi connectivity index (χ4n) is 1.44. The van der Waals surface area contributed by atoms with Crippen LogP contribution in [0.4, 0.5) is 8.78 Å². The molecule has 0 bridgehead atoms. The molecule has 0 saturated carbocycles. The Bertz CT molecular complexity index is 596. The van der Waals surface area contributed by atoms with Crippen molar-refractivity contribution >= 4 is 49.0 Å². The number of thiophene rings is 1. The molecule has 1 heterocycles. The van der Waals surface area contributed by atoms with Crippen molar-refractivity contribution < 1.29 is 18.3 Å². The van der Waals surface area contributed by atoms with Crippen LogP contribution >= 0.6 is 43.2 Å². The lowest BCUT2D eigenvalue weighted by Crippen LogP contribution is -2.03. The molecule has 2 aromatic rings. The van der Waals surface area contributed by atoms with E-state index in [-0.39, 0.29) is 11.5 Å². The molecule has 0 N–H and O–H groups in total. The molecule has 19 heavy (non-hydrogen) atoms. The first kappa shape index (κ1) is 14.6. The Morgan fingerprint density at radius 3 is 2.32 bits per heavy atom. The van der Waals surface area contributed by atoms with Crippen LogP contribution in [-0.2, 0) is 0 Å². The largest absolute Gasteiger partial charge is 0.435 e. The summed E-state index contributed by atoms with van der Waals surface area (Å²) in [4.78, 5) is 12.2. The van der Waals surface area contributed by atoms with Gasteiger partial charge in [0, 0.05) is 11.1 Å². The third kappa shape index (κ3) is 3.61. The molecule has 100 valence electrons. The highest BCUT2D eigenvalue weighted by atomic mass is 79.9. The molecule has 7 heteroatoms. The van der Waals surface area contributed by atoms with E-state index in [2.05, 4.69) is 36.6 Å².